The molecule has 0 saturated carbocycles. The van der Waals surface area contributed by atoms with E-state index in [0.29, 0.717) is 16.6 Å². The number of nitrogens with zero attached hydrogens (tertiary/aromatic N) is 6. The molecule has 11 heteroatoms. The average molecular weight is 537 g/mol. The van der Waals surface area contributed by atoms with E-state index in [0.717, 1.165) is 33.3 Å². The van der Waals surface area contributed by atoms with Gasteiger partial charge in [-0.1, -0.05) is 36.5 Å². The molecule has 4 rings (SSSR count). The summed E-state index contributed by atoms with van der Waals surface area (Å²) in [4.78, 5) is 19.2. The Labute approximate surface area is 223 Å². The first-order valence-electron chi connectivity index (χ1n) is 11.9. The number of ether oxygens (including phenoxy) is 2. The zero-order valence-corrected chi connectivity index (χ0v) is 22.8. The van der Waals surface area contributed by atoms with Crippen molar-refractivity contribution in [3.63, 3.8) is 0 Å². The van der Waals surface area contributed by atoms with Gasteiger partial charge in [-0.05, 0) is 68.4 Å². The van der Waals surface area contributed by atoms with Crippen molar-refractivity contribution < 1.29 is 14.3 Å². The van der Waals surface area contributed by atoms with Crippen LogP contribution in [-0.4, -0.2) is 30.8 Å². The summed E-state index contributed by atoms with van der Waals surface area (Å²) >= 11 is 2.91. The standard InChI is InChI=1S/C26H28N6O3S2/c1-5-32(6-2)20-11-7-18(8-12-20)29-31-26-27-24-22(36-26)15-23(37-24)30-28-19-9-13-21(14-10-19)34-16-35-25(33)17(3)4/h7-15,17H,5-6,16H2,1-4H3. The van der Waals surface area contributed by atoms with Crippen LogP contribution >= 0.6 is 22.7 Å². The lowest BCUT2D eigenvalue weighted by Crippen LogP contribution is -2.21. The maximum Gasteiger partial charge on any atom is 0.311 e. The molecular weight excluding hydrogens is 508 g/mol. The molecule has 0 bridgehead atoms. The van der Waals surface area contributed by atoms with Crippen molar-refractivity contribution in [2.75, 3.05) is 24.8 Å². The van der Waals surface area contributed by atoms with Crippen molar-refractivity contribution in [2.45, 2.75) is 27.7 Å². The summed E-state index contributed by atoms with van der Waals surface area (Å²) in [5.74, 6) is 0.0929. The topological polar surface area (TPSA) is 101 Å². The van der Waals surface area contributed by atoms with Crippen molar-refractivity contribution in [2.24, 2.45) is 26.4 Å². The average Bonchev–Trinajstić information content (AvgIpc) is 3.47. The van der Waals surface area contributed by atoms with Crippen molar-refractivity contribution in [1.82, 2.24) is 4.98 Å². The van der Waals surface area contributed by atoms with Gasteiger partial charge >= 0.3 is 5.97 Å². The zero-order valence-electron chi connectivity index (χ0n) is 21.1. The predicted molar refractivity (Wildman–Crippen MR) is 149 cm³/mol. The summed E-state index contributed by atoms with van der Waals surface area (Å²) in [6.45, 7) is 9.64. The van der Waals surface area contributed by atoms with Gasteiger partial charge in [-0.25, -0.2) is 4.98 Å². The smallest absolute Gasteiger partial charge is 0.311 e. The lowest BCUT2D eigenvalue weighted by Gasteiger charge is -2.20. The first-order valence-corrected chi connectivity index (χ1v) is 13.6. The van der Waals surface area contributed by atoms with E-state index in [1.165, 1.54) is 28.4 Å². The van der Waals surface area contributed by atoms with Gasteiger partial charge in [0.1, 0.15) is 15.6 Å². The molecule has 192 valence electrons. The molecule has 0 radical (unpaired) electrons. The van der Waals surface area contributed by atoms with Gasteiger partial charge in [0, 0.05) is 18.8 Å². The van der Waals surface area contributed by atoms with Gasteiger partial charge in [-0.3, -0.25) is 4.79 Å². The molecule has 0 fully saturated rings. The van der Waals surface area contributed by atoms with Gasteiger partial charge in [-0.2, -0.15) is 0 Å². The van der Waals surface area contributed by atoms with Gasteiger partial charge < -0.3 is 14.4 Å². The highest BCUT2D eigenvalue weighted by Gasteiger charge is 2.09. The van der Waals surface area contributed by atoms with Crippen LogP contribution in [0.1, 0.15) is 27.7 Å². The third kappa shape index (κ3) is 7.17. The number of thiazole rings is 1. The summed E-state index contributed by atoms with van der Waals surface area (Å²) < 4.78 is 11.4. The van der Waals surface area contributed by atoms with E-state index in [4.69, 9.17) is 9.47 Å². The number of azo groups is 2. The number of carbonyl (C=O) groups excluding carboxylic acids is 1. The number of hydrogen-bond donors (Lipinski definition) is 0. The Morgan fingerprint density at radius 2 is 1.57 bits per heavy atom. The highest BCUT2D eigenvalue weighted by Crippen LogP contribution is 2.39. The third-order valence-corrected chi connectivity index (χ3v) is 7.22. The van der Waals surface area contributed by atoms with Crippen LogP contribution in [-0.2, 0) is 9.53 Å². The van der Waals surface area contributed by atoms with Crippen molar-refractivity contribution in [1.29, 1.82) is 0 Å². The fourth-order valence-corrected chi connectivity index (χ4v) is 5.11. The third-order valence-electron chi connectivity index (χ3n) is 5.29. The molecule has 2 heterocycles. The molecule has 0 saturated heterocycles. The van der Waals surface area contributed by atoms with E-state index in [-0.39, 0.29) is 18.7 Å². The number of benzene rings is 2. The van der Waals surface area contributed by atoms with Crippen LogP contribution in [0.4, 0.5) is 27.2 Å². The number of fused-ring (bicyclic) bond motifs is 1. The summed E-state index contributed by atoms with van der Waals surface area (Å²) in [6, 6.07) is 17.1. The summed E-state index contributed by atoms with van der Waals surface area (Å²) in [5.41, 5.74) is 2.64. The number of anilines is 1. The Morgan fingerprint density at radius 1 is 0.919 bits per heavy atom. The Balaban J connectivity index is 1.32. The molecule has 2 aromatic carbocycles. The molecule has 0 unspecified atom stereocenters. The van der Waals surface area contributed by atoms with Crippen molar-refractivity contribution in [3.05, 3.63) is 54.6 Å². The minimum atomic E-state index is -0.299. The van der Waals surface area contributed by atoms with Crippen LogP contribution in [0.25, 0.3) is 9.53 Å². The number of esters is 1. The van der Waals surface area contributed by atoms with Gasteiger partial charge in [0.05, 0.1) is 22.0 Å². The number of thiophene rings is 1. The van der Waals surface area contributed by atoms with Crippen LogP contribution in [0, 0.1) is 5.92 Å². The van der Waals surface area contributed by atoms with E-state index >= 15 is 0 Å². The summed E-state index contributed by atoms with van der Waals surface area (Å²) in [5, 5.41) is 18.6. The quantitative estimate of drug-likeness (QED) is 0.109. The molecule has 0 aliphatic carbocycles. The maximum absolute atomic E-state index is 11.5. The Hall–Kier alpha value is -3.70. The van der Waals surface area contributed by atoms with Crippen LogP contribution in [0.5, 0.6) is 5.75 Å². The number of aromatic nitrogens is 1. The van der Waals surface area contributed by atoms with E-state index in [1.54, 1.807) is 38.1 Å². The molecule has 0 amide bonds. The van der Waals surface area contributed by atoms with E-state index in [1.807, 2.05) is 18.2 Å². The van der Waals surface area contributed by atoms with Gasteiger partial charge in [-0.15, -0.1) is 20.5 Å². The minimum Gasteiger partial charge on any atom is -0.457 e. The fraction of sp³-hybridized carbons (Fsp3) is 0.308. The first kappa shape index (κ1) is 26.4. The second-order valence-corrected chi connectivity index (χ2v) is 10.2. The van der Waals surface area contributed by atoms with Crippen molar-refractivity contribution in [3.8, 4) is 5.75 Å². The van der Waals surface area contributed by atoms with Crippen LogP contribution in [0.15, 0.2) is 75.1 Å². The molecule has 4 aromatic rings. The van der Waals surface area contributed by atoms with E-state index in [2.05, 4.69) is 56.3 Å². The number of rotatable bonds is 11. The molecule has 9 nitrogen and oxygen atoms in total. The SMILES string of the molecule is CCN(CC)c1ccc(N=Nc2nc3sc(N=Nc4ccc(OCOC(=O)C(C)C)cc4)cc3s2)cc1. The second-order valence-electron chi connectivity index (χ2n) is 8.21. The Bertz CT molecular complexity index is 1340. The molecule has 0 aliphatic heterocycles. The number of carbonyl (C=O) groups is 1. The minimum absolute atomic E-state index is 0.124. The fourth-order valence-electron chi connectivity index (χ4n) is 3.26. The Morgan fingerprint density at radius 3 is 2.19 bits per heavy atom. The largest absolute Gasteiger partial charge is 0.457 e. The molecular formula is C26H28N6O3S2. The monoisotopic (exact) mass is 536 g/mol. The zero-order chi connectivity index (χ0) is 26.2. The Kier molecular flexibility index (Phi) is 8.91. The van der Waals surface area contributed by atoms with Crippen molar-refractivity contribution >= 4 is 65.4 Å². The molecule has 0 N–H and O–H groups in total. The van der Waals surface area contributed by atoms with E-state index < -0.39 is 0 Å². The molecule has 0 aliphatic rings. The second kappa shape index (κ2) is 12.5. The predicted octanol–water partition coefficient (Wildman–Crippen LogP) is 8.57. The number of hydrogen-bond acceptors (Lipinski definition) is 11. The molecule has 0 spiro atoms. The van der Waals surface area contributed by atoms with Gasteiger partial charge in [0.2, 0.25) is 11.9 Å². The first-order chi connectivity index (χ1) is 17.9. The van der Waals surface area contributed by atoms with Crippen LogP contribution in [0.2, 0.25) is 0 Å². The van der Waals surface area contributed by atoms with E-state index in [9.17, 15) is 4.79 Å². The maximum atomic E-state index is 11.5. The lowest BCUT2D eigenvalue weighted by molar-refractivity contribution is -0.153. The normalized spacial score (nSPS) is 11.7. The summed E-state index contributed by atoms with van der Waals surface area (Å²) in [6.07, 6.45) is 0. The van der Waals surface area contributed by atoms with Gasteiger partial charge in [0.15, 0.2) is 0 Å². The summed E-state index contributed by atoms with van der Waals surface area (Å²) in [7, 11) is 0. The lowest BCUT2D eigenvalue weighted by atomic mass is 10.2. The highest BCUT2D eigenvalue weighted by atomic mass is 32.1. The van der Waals surface area contributed by atoms with Crippen LogP contribution < -0.4 is 9.64 Å². The highest BCUT2D eigenvalue weighted by molar-refractivity contribution is 7.30. The van der Waals surface area contributed by atoms with Crippen LogP contribution in [0.3, 0.4) is 0 Å². The molecule has 0 atom stereocenters. The molecule has 37 heavy (non-hydrogen) atoms. The molecule has 2 aromatic heterocycles. The van der Waals surface area contributed by atoms with Gasteiger partial charge in [0.25, 0.3) is 0 Å².